The van der Waals surface area contributed by atoms with Gasteiger partial charge in [0.1, 0.15) is 11.9 Å². The number of pyridine rings is 2. The Hall–Kier alpha value is -4.46. The number of imidazole rings is 1. The molecule has 0 spiro atoms. The first kappa shape index (κ1) is 20.2. The summed E-state index contributed by atoms with van der Waals surface area (Å²) in [5, 5.41) is 7.87. The molecular formula is C26H23N7O. The number of amides is 1. The lowest BCUT2D eigenvalue weighted by Gasteiger charge is -2.35. The van der Waals surface area contributed by atoms with Gasteiger partial charge in [-0.25, -0.2) is 14.5 Å². The van der Waals surface area contributed by atoms with Gasteiger partial charge in [-0.1, -0.05) is 24.3 Å². The van der Waals surface area contributed by atoms with Gasteiger partial charge in [-0.3, -0.25) is 4.79 Å². The Kier molecular flexibility index (Phi) is 4.83. The van der Waals surface area contributed by atoms with Crippen LogP contribution in [0.2, 0.25) is 0 Å². The van der Waals surface area contributed by atoms with Crippen molar-refractivity contribution in [1.82, 2.24) is 24.6 Å². The molecule has 0 saturated carbocycles. The van der Waals surface area contributed by atoms with Gasteiger partial charge in [0.15, 0.2) is 0 Å². The lowest BCUT2D eigenvalue weighted by molar-refractivity contribution is 0.102. The van der Waals surface area contributed by atoms with Crippen LogP contribution in [0.4, 0.5) is 11.5 Å². The predicted molar refractivity (Wildman–Crippen MR) is 130 cm³/mol. The van der Waals surface area contributed by atoms with E-state index in [0.29, 0.717) is 17.9 Å². The van der Waals surface area contributed by atoms with Gasteiger partial charge >= 0.3 is 0 Å². The maximum absolute atomic E-state index is 13.3. The van der Waals surface area contributed by atoms with E-state index in [4.69, 9.17) is 5.10 Å². The summed E-state index contributed by atoms with van der Waals surface area (Å²) in [5.74, 6) is 0.412. The summed E-state index contributed by atoms with van der Waals surface area (Å²) in [4.78, 5) is 28.0. The van der Waals surface area contributed by atoms with E-state index >= 15 is 0 Å². The molecule has 1 amide bonds. The van der Waals surface area contributed by atoms with Gasteiger partial charge in [-0.05, 0) is 48.9 Å². The number of nitrogens with zero attached hydrogens (tertiary/aromatic N) is 5. The van der Waals surface area contributed by atoms with Gasteiger partial charge in [0.25, 0.3) is 5.91 Å². The number of rotatable bonds is 4. The van der Waals surface area contributed by atoms with Crippen LogP contribution in [0.3, 0.4) is 0 Å². The smallest absolute Gasteiger partial charge is 0.259 e. The number of nitrogens with one attached hydrogen (secondary N) is 2. The molecule has 5 aromatic rings. The summed E-state index contributed by atoms with van der Waals surface area (Å²) in [6.07, 6.45) is 6.17. The number of benzene rings is 1. The standard InChI is InChI=1S/C26H23N7O/c1-17-7-6-13-33-22(17)15-21(31-33)24-23-20(28-16-29-23)11-14-32(24)25-19(10-5-12-27-25)26(34)30-18-8-3-2-4-9-18/h2-10,12-13,15-16,24H,11,14H2,1H3,(H,28,29)(H,30,34)/t24-/m1/s1. The van der Waals surface area contributed by atoms with Gasteiger partial charge < -0.3 is 15.2 Å². The molecule has 5 heterocycles. The predicted octanol–water partition coefficient (Wildman–Crippen LogP) is 4.17. The van der Waals surface area contributed by atoms with E-state index in [0.717, 1.165) is 40.3 Å². The third-order valence-corrected chi connectivity index (χ3v) is 6.27. The van der Waals surface area contributed by atoms with Gasteiger partial charge in [0.2, 0.25) is 0 Å². The number of hydrogen-bond acceptors (Lipinski definition) is 5. The summed E-state index contributed by atoms with van der Waals surface area (Å²) in [6, 6.07) is 18.9. The van der Waals surface area contributed by atoms with E-state index in [1.54, 1.807) is 18.6 Å². The topological polar surface area (TPSA) is 91.2 Å². The average molecular weight is 450 g/mol. The Morgan fingerprint density at radius 3 is 2.82 bits per heavy atom. The molecule has 2 N–H and O–H groups in total. The highest BCUT2D eigenvalue weighted by Gasteiger charge is 2.35. The fourth-order valence-corrected chi connectivity index (χ4v) is 4.64. The number of fused-ring (bicyclic) bond motifs is 2. The van der Waals surface area contributed by atoms with Crippen LogP contribution in [-0.2, 0) is 6.42 Å². The molecule has 0 unspecified atom stereocenters. The quantitative estimate of drug-likeness (QED) is 0.430. The van der Waals surface area contributed by atoms with E-state index < -0.39 is 0 Å². The molecule has 1 atom stereocenters. The third kappa shape index (κ3) is 3.40. The zero-order valence-corrected chi connectivity index (χ0v) is 18.6. The lowest BCUT2D eigenvalue weighted by Crippen LogP contribution is -2.38. The molecule has 4 aromatic heterocycles. The maximum atomic E-state index is 13.3. The van der Waals surface area contributed by atoms with E-state index in [1.807, 2.05) is 53.2 Å². The number of H-pyrrole nitrogens is 1. The minimum absolute atomic E-state index is 0.202. The van der Waals surface area contributed by atoms with Crippen molar-refractivity contribution in [2.24, 2.45) is 0 Å². The molecular weight excluding hydrogens is 426 g/mol. The molecule has 0 radical (unpaired) electrons. The zero-order valence-electron chi connectivity index (χ0n) is 18.6. The molecule has 0 fully saturated rings. The Balaban J connectivity index is 1.45. The van der Waals surface area contributed by atoms with Crippen LogP contribution in [0.5, 0.6) is 0 Å². The molecule has 8 heteroatoms. The third-order valence-electron chi connectivity index (χ3n) is 6.27. The first-order chi connectivity index (χ1) is 16.7. The second-order valence-electron chi connectivity index (χ2n) is 8.40. The highest BCUT2D eigenvalue weighted by molar-refractivity contribution is 6.07. The summed E-state index contributed by atoms with van der Waals surface area (Å²) in [6.45, 7) is 2.75. The van der Waals surface area contributed by atoms with Crippen LogP contribution in [0.1, 0.15) is 39.0 Å². The SMILES string of the molecule is Cc1cccn2nc([C@@H]3c4nc[nH]c4CCN3c3ncccc3C(=O)Nc3ccccc3)cc12. The van der Waals surface area contributed by atoms with E-state index in [9.17, 15) is 4.79 Å². The van der Waals surface area contributed by atoms with E-state index in [1.165, 1.54) is 0 Å². The fourth-order valence-electron chi connectivity index (χ4n) is 4.64. The van der Waals surface area contributed by atoms with E-state index in [-0.39, 0.29) is 11.9 Å². The van der Waals surface area contributed by atoms with Gasteiger partial charge in [-0.15, -0.1) is 0 Å². The van der Waals surface area contributed by atoms with Crippen LogP contribution in [0.15, 0.2) is 79.4 Å². The Labute approximate surface area is 196 Å². The Morgan fingerprint density at radius 2 is 1.97 bits per heavy atom. The molecule has 0 saturated heterocycles. The molecule has 1 aliphatic rings. The minimum atomic E-state index is -0.271. The number of anilines is 2. The van der Waals surface area contributed by atoms with Crippen molar-refractivity contribution in [1.29, 1.82) is 0 Å². The molecule has 1 aromatic carbocycles. The number of para-hydroxylation sites is 1. The first-order valence-corrected chi connectivity index (χ1v) is 11.2. The lowest BCUT2D eigenvalue weighted by atomic mass is 9.98. The number of aryl methyl sites for hydroxylation is 1. The molecule has 0 bridgehead atoms. The second kappa shape index (κ2) is 8.15. The number of carbonyl (C=O) groups excluding carboxylic acids is 1. The summed E-state index contributed by atoms with van der Waals surface area (Å²) in [7, 11) is 0. The average Bonchev–Trinajstić information content (AvgIpc) is 3.52. The number of aromatic amines is 1. The second-order valence-corrected chi connectivity index (χ2v) is 8.40. The zero-order chi connectivity index (χ0) is 23.1. The van der Waals surface area contributed by atoms with Gasteiger partial charge in [-0.2, -0.15) is 5.10 Å². The monoisotopic (exact) mass is 449 g/mol. The van der Waals surface area contributed by atoms with Crippen molar-refractivity contribution < 1.29 is 4.79 Å². The van der Waals surface area contributed by atoms with Crippen molar-refractivity contribution in [2.45, 2.75) is 19.4 Å². The van der Waals surface area contributed by atoms with Crippen LogP contribution in [-0.4, -0.2) is 37.0 Å². The Bertz CT molecular complexity index is 1490. The number of aromatic nitrogens is 5. The molecule has 168 valence electrons. The molecule has 34 heavy (non-hydrogen) atoms. The Morgan fingerprint density at radius 1 is 1.09 bits per heavy atom. The van der Waals surface area contributed by atoms with Crippen molar-refractivity contribution >= 4 is 22.9 Å². The van der Waals surface area contributed by atoms with Crippen LogP contribution < -0.4 is 10.2 Å². The van der Waals surface area contributed by atoms with Crippen molar-refractivity contribution in [2.75, 3.05) is 16.8 Å². The number of hydrogen-bond donors (Lipinski definition) is 2. The minimum Gasteiger partial charge on any atom is -0.348 e. The highest BCUT2D eigenvalue weighted by Crippen LogP contribution is 2.37. The summed E-state index contributed by atoms with van der Waals surface area (Å²) < 4.78 is 1.89. The normalized spacial score (nSPS) is 15.3. The molecule has 8 nitrogen and oxygen atoms in total. The van der Waals surface area contributed by atoms with Crippen molar-refractivity contribution in [3.8, 4) is 0 Å². The van der Waals surface area contributed by atoms with Gasteiger partial charge in [0.05, 0.1) is 28.8 Å². The van der Waals surface area contributed by atoms with E-state index in [2.05, 4.69) is 44.2 Å². The molecule has 0 aliphatic carbocycles. The van der Waals surface area contributed by atoms with Crippen LogP contribution in [0.25, 0.3) is 5.52 Å². The van der Waals surface area contributed by atoms with Crippen molar-refractivity contribution in [3.05, 3.63) is 108 Å². The first-order valence-electron chi connectivity index (χ1n) is 11.2. The van der Waals surface area contributed by atoms with Crippen LogP contribution >= 0.6 is 0 Å². The molecule has 6 rings (SSSR count). The van der Waals surface area contributed by atoms with Crippen molar-refractivity contribution in [3.63, 3.8) is 0 Å². The van der Waals surface area contributed by atoms with Crippen LogP contribution in [0, 0.1) is 6.92 Å². The number of carbonyl (C=O) groups is 1. The summed E-state index contributed by atoms with van der Waals surface area (Å²) >= 11 is 0. The summed E-state index contributed by atoms with van der Waals surface area (Å²) in [5.41, 5.74) is 6.30. The van der Waals surface area contributed by atoms with Gasteiger partial charge in [0, 0.05) is 36.7 Å². The maximum Gasteiger partial charge on any atom is 0.259 e. The molecule has 1 aliphatic heterocycles. The highest BCUT2D eigenvalue weighted by atomic mass is 16.1. The fraction of sp³-hybridized carbons (Fsp3) is 0.154. The largest absolute Gasteiger partial charge is 0.348 e.